The van der Waals surface area contributed by atoms with Crippen LogP contribution in [0.25, 0.3) is 10.1 Å². The minimum Gasteiger partial charge on any atom is -0.326 e. The lowest BCUT2D eigenvalue weighted by Crippen LogP contribution is -2.23. The van der Waals surface area contributed by atoms with Crippen LogP contribution in [0.2, 0.25) is 0 Å². The highest BCUT2D eigenvalue weighted by Gasteiger charge is 2.12. The number of likely N-dealkylation sites (tertiary alicyclic amines) is 1. The first-order valence-electron chi connectivity index (χ1n) is 7.28. The molecule has 1 aliphatic heterocycles. The molecule has 102 valence electrons. The van der Waals surface area contributed by atoms with Crippen molar-refractivity contribution >= 4 is 21.4 Å². The predicted octanol–water partition coefficient (Wildman–Crippen LogP) is 3.74. The standard InChI is InChI=1S/C16H22N2S/c17-10-13-5-6-15-14(12-19-16(15)9-13)11-18-7-3-1-2-4-8-18/h5-6,9,12H,1-4,7-8,10-11,17H2. The second-order valence-corrected chi connectivity index (χ2v) is 6.40. The van der Waals surface area contributed by atoms with Gasteiger partial charge in [0.15, 0.2) is 0 Å². The predicted molar refractivity (Wildman–Crippen MR) is 83.5 cm³/mol. The third-order valence-corrected chi connectivity index (χ3v) is 5.04. The number of fused-ring (bicyclic) bond motifs is 1. The third-order valence-electron chi connectivity index (χ3n) is 4.05. The average Bonchev–Trinajstić information content (AvgIpc) is 2.66. The lowest BCUT2D eigenvalue weighted by Gasteiger charge is -2.19. The van der Waals surface area contributed by atoms with Crippen LogP contribution in [-0.2, 0) is 13.1 Å². The number of hydrogen-bond donors (Lipinski definition) is 1. The van der Waals surface area contributed by atoms with E-state index in [0.29, 0.717) is 6.54 Å². The van der Waals surface area contributed by atoms with Gasteiger partial charge in [-0.2, -0.15) is 0 Å². The average molecular weight is 274 g/mol. The van der Waals surface area contributed by atoms with Gasteiger partial charge in [-0.25, -0.2) is 0 Å². The molecule has 0 spiro atoms. The first-order chi connectivity index (χ1) is 9.36. The summed E-state index contributed by atoms with van der Waals surface area (Å²) in [6, 6.07) is 6.66. The molecule has 2 heterocycles. The zero-order valence-corrected chi connectivity index (χ0v) is 12.2. The van der Waals surface area contributed by atoms with E-state index in [1.165, 1.54) is 60.0 Å². The van der Waals surface area contributed by atoms with Crippen molar-refractivity contribution in [1.29, 1.82) is 0 Å². The fraction of sp³-hybridized carbons (Fsp3) is 0.500. The smallest absolute Gasteiger partial charge is 0.0349 e. The van der Waals surface area contributed by atoms with E-state index in [-0.39, 0.29) is 0 Å². The van der Waals surface area contributed by atoms with E-state index in [4.69, 9.17) is 5.73 Å². The van der Waals surface area contributed by atoms with E-state index < -0.39 is 0 Å². The Morgan fingerprint density at radius 2 is 1.89 bits per heavy atom. The number of nitrogens with two attached hydrogens (primary N) is 1. The van der Waals surface area contributed by atoms with Crippen LogP contribution in [0.3, 0.4) is 0 Å². The molecular formula is C16H22N2S. The summed E-state index contributed by atoms with van der Waals surface area (Å²) in [6.07, 6.45) is 5.53. The second kappa shape index (κ2) is 6.04. The lowest BCUT2D eigenvalue weighted by molar-refractivity contribution is 0.278. The van der Waals surface area contributed by atoms with E-state index in [2.05, 4.69) is 28.5 Å². The first-order valence-corrected chi connectivity index (χ1v) is 8.16. The van der Waals surface area contributed by atoms with E-state index >= 15 is 0 Å². The van der Waals surface area contributed by atoms with E-state index in [1.807, 2.05) is 11.3 Å². The van der Waals surface area contributed by atoms with Gasteiger partial charge in [0.2, 0.25) is 0 Å². The summed E-state index contributed by atoms with van der Waals surface area (Å²) in [6.45, 7) is 4.27. The molecule has 0 radical (unpaired) electrons. The van der Waals surface area contributed by atoms with Crippen molar-refractivity contribution in [2.24, 2.45) is 5.73 Å². The van der Waals surface area contributed by atoms with Crippen molar-refractivity contribution in [2.75, 3.05) is 13.1 Å². The Balaban J connectivity index is 1.80. The van der Waals surface area contributed by atoms with Gasteiger partial charge in [0.25, 0.3) is 0 Å². The zero-order chi connectivity index (χ0) is 13.1. The van der Waals surface area contributed by atoms with Gasteiger partial charge < -0.3 is 5.73 Å². The molecule has 2 N–H and O–H groups in total. The van der Waals surface area contributed by atoms with E-state index in [0.717, 1.165) is 6.54 Å². The molecule has 2 aromatic rings. The van der Waals surface area contributed by atoms with E-state index in [1.54, 1.807) is 0 Å². The van der Waals surface area contributed by atoms with Crippen molar-refractivity contribution in [3.63, 3.8) is 0 Å². The van der Waals surface area contributed by atoms with Gasteiger partial charge in [-0.3, -0.25) is 4.90 Å². The van der Waals surface area contributed by atoms with Crippen molar-refractivity contribution in [3.05, 3.63) is 34.7 Å². The Kier molecular flexibility index (Phi) is 4.16. The maximum absolute atomic E-state index is 5.71. The molecule has 0 amide bonds. The van der Waals surface area contributed by atoms with Crippen LogP contribution in [0.15, 0.2) is 23.6 Å². The Hall–Kier alpha value is -0.900. The summed E-state index contributed by atoms with van der Waals surface area (Å²) in [7, 11) is 0. The van der Waals surface area contributed by atoms with Crippen LogP contribution in [0.5, 0.6) is 0 Å². The van der Waals surface area contributed by atoms with Crippen LogP contribution in [0, 0.1) is 0 Å². The van der Waals surface area contributed by atoms with Crippen molar-refractivity contribution in [1.82, 2.24) is 4.90 Å². The van der Waals surface area contributed by atoms with Gasteiger partial charge in [0.05, 0.1) is 0 Å². The molecule has 1 aromatic carbocycles. The van der Waals surface area contributed by atoms with Gasteiger partial charge in [0, 0.05) is 17.8 Å². The van der Waals surface area contributed by atoms with Gasteiger partial charge >= 0.3 is 0 Å². The highest BCUT2D eigenvalue weighted by molar-refractivity contribution is 7.17. The molecule has 1 aromatic heterocycles. The molecule has 1 aliphatic rings. The highest BCUT2D eigenvalue weighted by atomic mass is 32.1. The fourth-order valence-corrected chi connectivity index (χ4v) is 3.93. The molecular weight excluding hydrogens is 252 g/mol. The number of hydrogen-bond acceptors (Lipinski definition) is 3. The first kappa shape index (κ1) is 13.1. The number of benzene rings is 1. The van der Waals surface area contributed by atoms with Gasteiger partial charge in [-0.15, -0.1) is 11.3 Å². The minimum atomic E-state index is 0.634. The SMILES string of the molecule is NCc1ccc2c(CN3CCCCCC3)csc2c1. The van der Waals surface area contributed by atoms with Gasteiger partial charge in [-0.05, 0) is 53.9 Å². The number of nitrogens with zero attached hydrogens (tertiary/aromatic N) is 1. The summed E-state index contributed by atoms with van der Waals surface area (Å²) >= 11 is 1.86. The van der Waals surface area contributed by atoms with Crippen LogP contribution >= 0.6 is 11.3 Å². The maximum Gasteiger partial charge on any atom is 0.0349 e. The number of thiophene rings is 1. The maximum atomic E-state index is 5.71. The fourth-order valence-electron chi connectivity index (χ4n) is 2.91. The largest absolute Gasteiger partial charge is 0.326 e. The third kappa shape index (κ3) is 2.99. The highest BCUT2D eigenvalue weighted by Crippen LogP contribution is 2.28. The molecule has 0 unspecified atom stereocenters. The van der Waals surface area contributed by atoms with Crippen LogP contribution in [0.4, 0.5) is 0 Å². The van der Waals surface area contributed by atoms with Gasteiger partial charge in [0.1, 0.15) is 0 Å². The quantitative estimate of drug-likeness (QED) is 0.924. The summed E-state index contributed by atoms with van der Waals surface area (Å²) in [5.41, 5.74) is 8.43. The topological polar surface area (TPSA) is 29.3 Å². The molecule has 0 bridgehead atoms. The van der Waals surface area contributed by atoms with Crippen LogP contribution in [-0.4, -0.2) is 18.0 Å². The molecule has 19 heavy (non-hydrogen) atoms. The normalized spacial score (nSPS) is 17.7. The number of rotatable bonds is 3. The summed E-state index contributed by atoms with van der Waals surface area (Å²) in [5, 5.41) is 3.75. The minimum absolute atomic E-state index is 0.634. The lowest BCUT2D eigenvalue weighted by atomic mass is 10.1. The Morgan fingerprint density at radius 3 is 2.63 bits per heavy atom. The zero-order valence-electron chi connectivity index (χ0n) is 11.4. The Labute approximate surface area is 119 Å². The molecule has 1 fully saturated rings. The molecule has 1 saturated heterocycles. The van der Waals surface area contributed by atoms with Crippen molar-refractivity contribution < 1.29 is 0 Å². The Bertz CT molecular complexity index is 539. The van der Waals surface area contributed by atoms with Crippen LogP contribution in [0.1, 0.15) is 36.8 Å². The Morgan fingerprint density at radius 1 is 1.11 bits per heavy atom. The molecule has 0 saturated carbocycles. The molecule has 2 nitrogen and oxygen atoms in total. The molecule has 3 heteroatoms. The molecule has 0 aliphatic carbocycles. The van der Waals surface area contributed by atoms with Crippen LogP contribution < -0.4 is 5.73 Å². The molecule has 0 atom stereocenters. The van der Waals surface area contributed by atoms with Crippen molar-refractivity contribution in [2.45, 2.75) is 38.8 Å². The second-order valence-electron chi connectivity index (χ2n) is 5.49. The van der Waals surface area contributed by atoms with Crippen molar-refractivity contribution in [3.8, 4) is 0 Å². The summed E-state index contributed by atoms with van der Waals surface area (Å²) < 4.78 is 1.38. The summed E-state index contributed by atoms with van der Waals surface area (Å²) in [4.78, 5) is 2.62. The van der Waals surface area contributed by atoms with Gasteiger partial charge in [-0.1, -0.05) is 25.0 Å². The monoisotopic (exact) mass is 274 g/mol. The summed E-state index contributed by atoms with van der Waals surface area (Å²) in [5.74, 6) is 0. The molecule has 3 rings (SSSR count). The van der Waals surface area contributed by atoms with E-state index in [9.17, 15) is 0 Å².